The highest BCUT2D eigenvalue weighted by Crippen LogP contribution is 2.17. The van der Waals surface area contributed by atoms with Crippen molar-refractivity contribution in [2.75, 3.05) is 0 Å². The SMILES string of the molecule is Cc1cc(/C(O)=C/c2cc(CCc3ccccc3)ncn2)co1. The molecule has 1 aromatic carbocycles. The first-order valence-electron chi connectivity index (χ1n) is 7.52. The minimum atomic E-state index is 0.134. The van der Waals surface area contributed by atoms with Crippen molar-refractivity contribution >= 4 is 11.8 Å². The van der Waals surface area contributed by atoms with Crippen LogP contribution in [-0.4, -0.2) is 15.1 Å². The zero-order valence-corrected chi connectivity index (χ0v) is 12.9. The van der Waals surface area contributed by atoms with Gasteiger partial charge in [0.1, 0.15) is 24.1 Å². The molecule has 4 heteroatoms. The maximum atomic E-state index is 10.1. The molecule has 0 saturated heterocycles. The molecular formula is C19H18N2O2. The van der Waals surface area contributed by atoms with E-state index in [4.69, 9.17) is 4.42 Å². The van der Waals surface area contributed by atoms with Crippen LogP contribution in [0.2, 0.25) is 0 Å². The predicted molar refractivity (Wildman–Crippen MR) is 89.8 cm³/mol. The summed E-state index contributed by atoms with van der Waals surface area (Å²) in [5, 5.41) is 10.1. The van der Waals surface area contributed by atoms with Crippen LogP contribution in [0, 0.1) is 6.92 Å². The van der Waals surface area contributed by atoms with E-state index in [-0.39, 0.29) is 5.76 Å². The lowest BCUT2D eigenvalue weighted by molar-refractivity contribution is 0.507. The molecule has 0 spiro atoms. The lowest BCUT2D eigenvalue weighted by atomic mass is 10.1. The summed E-state index contributed by atoms with van der Waals surface area (Å²) in [6.07, 6.45) is 6.43. The highest BCUT2D eigenvalue weighted by atomic mass is 16.3. The fraction of sp³-hybridized carbons (Fsp3) is 0.158. The molecule has 0 amide bonds. The Morgan fingerprint density at radius 2 is 1.96 bits per heavy atom. The van der Waals surface area contributed by atoms with E-state index in [2.05, 4.69) is 22.1 Å². The summed E-state index contributed by atoms with van der Waals surface area (Å²) in [7, 11) is 0. The highest BCUT2D eigenvalue weighted by Gasteiger charge is 2.05. The molecule has 23 heavy (non-hydrogen) atoms. The van der Waals surface area contributed by atoms with Crippen LogP contribution in [0.4, 0.5) is 0 Å². The fourth-order valence-corrected chi connectivity index (χ4v) is 2.35. The number of furan rings is 1. The molecule has 2 aromatic heterocycles. The number of aryl methyl sites for hydroxylation is 3. The van der Waals surface area contributed by atoms with Crippen LogP contribution in [0.25, 0.3) is 11.8 Å². The summed E-state index contributed by atoms with van der Waals surface area (Å²) in [5.74, 6) is 0.890. The molecule has 116 valence electrons. The van der Waals surface area contributed by atoms with Gasteiger partial charge in [-0.05, 0) is 37.5 Å². The number of aliphatic hydroxyl groups is 1. The van der Waals surface area contributed by atoms with E-state index in [1.165, 1.54) is 18.2 Å². The van der Waals surface area contributed by atoms with Gasteiger partial charge in [-0.3, -0.25) is 0 Å². The Balaban J connectivity index is 1.72. The molecular weight excluding hydrogens is 288 g/mol. The normalized spacial score (nSPS) is 11.6. The van der Waals surface area contributed by atoms with Crippen molar-refractivity contribution in [3.05, 3.63) is 83.3 Å². The van der Waals surface area contributed by atoms with Crippen molar-refractivity contribution in [1.29, 1.82) is 0 Å². The Morgan fingerprint density at radius 3 is 2.70 bits per heavy atom. The van der Waals surface area contributed by atoms with Crippen LogP contribution in [0.5, 0.6) is 0 Å². The number of hydrogen-bond acceptors (Lipinski definition) is 4. The van der Waals surface area contributed by atoms with E-state index in [1.54, 1.807) is 12.1 Å². The molecule has 0 aliphatic heterocycles. The third kappa shape index (κ3) is 4.07. The quantitative estimate of drug-likeness (QED) is 0.717. The van der Waals surface area contributed by atoms with Crippen molar-refractivity contribution < 1.29 is 9.52 Å². The summed E-state index contributed by atoms with van der Waals surface area (Å²) in [6, 6.07) is 14.0. The van der Waals surface area contributed by atoms with Gasteiger partial charge in [0.05, 0.1) is 11.3 Å². The maximum Gasteiger partial charge on any atom is 0.128 e. The lowest BCUT2D eigenvalue weighted by Crippen LogP contribution is -1.96. The summed E-state index contributed by atoms with van der Waals surface area (Å²) >= 11 is 0. The molecule has 1 N–H and O–H groups in total. The first kappa shape index (κ1) is 15.0. The number of aromatic nitrogens is 2. The summed E-state index contributed by atoms with van der Waals surface area (Å²) < 4.78 is 5.20. The first-order chi connectivity index (χ1) is 11.2. The third-order valence-corrected chi connectivity index (χ3v) is 3.57. The van der Waals surface area contributed by atoms with Crippen LogP contribution < -0.4 is 0 Å². The van der Waals surface area contributed by atoms with E-state index in [0.29, 0.717) is 11.3 Å². The summed E-state index contributed by atoms with van der Waals surface area (Å²) in [6.45, 7) is 1.84. The fourth-order valence-electron chi connectivity index (χ4n) is 2.35. The summed E-state index contributed by atoms with van der Waals surface area (Å²) in [4.78, 5) is 8.49. The van der Waals surface area contributed by atoms with E-state index in [0.717, 1.165) is 24.3 Å². The first-order valence-corrected chi connectivity index (χ1v) is 7.52. The molecule has 0 aliphatic carbocycles. The van der Waals surface area contributed by atoms with Crippen molar-refractivity contribution in [3.63, 3.8) is 0 Å². The molecule has 0 aliphatic rings. The maximum absolute atomic E-state index is 10.1. The summed E-state index contributed by atoms with van der Waals surface area (Å²) in [5.41, 5.74) is 3.55. The number of hydrogen-bond donors (Lipinski definition) is 1. The average molecular weight is 306 g/mol. The van der Waals surface area contributed by atoms with Gasteiger partial charge in [0.25, 0.3) is 0 Å². The Morgan fingerprint density at radius 1 is 1.13 bits per heavy atom. The van der Waals surface area contributed by atoms with Gasteiger partial charge in [-0.15, -0.1) is 0 Å². The Hall–Kier alpha value is -2.88. The predicted octanol–water partition coefficient (Wildman–Crippen LogP) is 4.22. The van der Waals surface area contributed by atoms with Gasteiger partial charge in [0, 0.05) is 11.8 Å². The van der Waals surface area contributed by atoms with Gasteiger partial charge in [-0.25, -0.2) is 9.97 Å². The van der Waals surface area contributed by atoms with Crippen LogP contribution in [0.15, 0.2) is 59.5 Å². The molecule has 0 atom stereocenters. The van der Waals surface area contributed by atoms with Gasteiger partial charge < -0.3 is 9.52 Å². The topological polar surface area (TPSA) is 59.2 Å². The second-order valence-electron chi connectivity index (χ2n) is 5.40. The second-order valence-corrected chi connectivity index (χ2v) is 5.40. The lowest BCUT2D eigenvalue weighted by Gasteiger charge is -2.02. The van der Waals surface area contributed by atoms with Crippen molar-refractivity contribution in [3.8, 4) is 0 Å². The minimum absolute atomic E-state index is 0.134. The molecule has 3 rings (SSSR count). The molecule has 0 bridgehead atoms. The number of nitrogens with zero attached hydrogens (tertiary/aromatic N) is 2. The highest BCUT2D eigenvalue weighted by molar-refractivity contribution is 5.74. The average Bonchev–Trinajstić information content (AvgIpc) is 3.01. The van der Waals surface area contributed by atoms with Crippen LogP contribution >= 0.6 is 0 Å². The Kier molecular flexibility index (Phi) is 4.52. The van der Waals surface area contributed by atoms with E-state index < -0.39 is 0 Å². The molecule has 3 aromatic rings. The molecule has 0 saturated carbocycles. The molecule has 0 radical (unpaired) electrons. The molecule has 2 heterocycles. The Labute approximate surface area is 135 Å². The number of aliphatic hydroxyl groups excluding tert-OH is 1. The van der Waals surface area contributed by atoms with Crippen LogP contribution in [-0.2, 0) is 12.8 Å². The number of rotatable bonds is 5. The van der Waals surface area contributed by atoms with Crippen LogP contribution in [0.3, 0.4) is 0 Å². The van der Waals surface area contributed by atoms with E-state index in [1.807, 2.05) is 31.2 Å². The molecule has 0 unspecified atom stereocenters. The Bertz CT molecular complexity index is 807. The smallest absolute Gasteiger partial charge is 0.128 e. The zero-order chi connectivity index (χ0) is 16.1. The van der Waals surface area contributed by atoms with Crippen molar-refractivity contribution in [1.82, 2.24) is 9.97 Å². The molecule has 0 fully saturated rings. The second kappa shape index (κ2) is 6.92. The number of benzene rings is 1. The van der Waals surface area contributed by atoms with Gasteiger partial charge in [0.15, 0.2) is 0 Å². The van der Waals surface area contributed by atoms with E-state index in [9.17, 15) is 5.11 Å². The van der Waals surface area contributed by atoms with Crippen LogP contribution in [0.1, 0.15) is 28.3 Å². The van der Waals surface area contributed by atoms with Gasteiger partial charge in [-0.1, -0.05) is 30.3 Å². The largest absolute Gasteiger partial charge is 0.507 e. The van der Waals surface area contributed by atoms with Crippen molar-refractivity contribution in [2.24, 2.45) is 0 Å². The zero-order valence-electron chi connectivity index (χ0n) is 12.9. The molecule has 4 nitrogen and oxygen atoms in total. The standard InChI is InChI=1S/C19H18N2O2/c1-14-9-16(12-23-14)19(22)11-18-10-17(20-13-21-18)8-7-15-5-3-2-4-6-15/h2-6,9-13,22H,7-8H2,1H3/b19-11-. The van der Waals surface area contributed by atoms with Gasteiger partial charge in [-0.2, -0.15) is 0 Å². The van der Waals surface area contributed by atoms with E-state index >= 15 is 0 Å². The monoisotopic (exact) mass is 306 g/mol. The van der Waals surface area contributed by atoms with Crippen molar-refractivity contribution in [2.45, 2.75) is 19.8 Å². The third-order valence-electron chi connectivity index (χ3n) is 3.57. The van der Waals surface area contributed by atoms with Gasteiger partial charge in [0.2, 0.25) is 0 Å². The van der Waals surface area contributed by atoms with Gasteiger partial charge >= 0.3 is 0 Å². The minimum Gasteiger partial charge on any atom is -0.507 e.